The van der Waals surface area contributed by atoms with E-state index in [2.05, 4.69) is 10.1 Å². The molecule has 10 heteroatoms. The van der Waals surface area contributed by atoms with Crippen molar-refractivity contribution < 1.29 is 37.0 Å². The highest BCUT2D eigenvalue weighted by Crippen LogP contribution is 2.23. The van der Waals surface area contributed by atoms with Crippen LogP contribution < -0.4 is 10.1 Å². The van der Waals surface area contributed by atoms with Gasteiger partial charge in [0.05, 0.1) is 25.2 Å². The van der Waals surface area contributed by atoms with Crippen LogP contribution in [0.25, 0.3) is 0 Å². The van der Waals surface area contributed by atoms with Gasteiger partial charge in [0, 0.05) is 13.1 Å². The molecule has 1 aromatic carbocycles. The van der Waals surface area contributed by atoms with Crippen molar-refractivity contribution in [3.8, 4) is 5.75 Å². The number of alkyl carbamates (subject to hydrolysis) is 1. The predicted octanol–water partition coefficient (Wildman–Crippen LogP) is 3.27. The first-order valence-corrected chi connectivity index (χ1v) is 9.56. The van der Waals surface area contributed by atoms with E-state index in [0.717, 1.165) is 0 Å². The Morgan fingerprint density at radius 1 is 1.23 bits per heavy atom. The molecule has 1 aliphatic rings. The zero-order chi connectivity index (χ0) is 22.5. The second-order valence-electron chi connectivity index (χ2n) is 8.05. The molecule has 30 heavy (non-hydrogen) atoms. The Kier molecular flexibility index (Phi) is 7.57. The molecule has 7 nitrogen and oxygen atoms in total. The lowest BCUT2D eigenvalue weighted by atomic mass is 10.1. The molecule has 1 fully saturated rings. The number of carbonyl (C=O) groups is 2. The van der Waals surface area contributed by atoms with E-state index in [4.69, 9.17) is 9.47 Å². The van der Waals surface area contributed by atoms with E-state index in [1.165, 1.54) is 24.3 Å². The lowest BCUT2D eigenvalue weighted by Crippen LogP contribution is -2.54. The molecule has 2 amide bonds. The molecule has 2 rings (SSSR count). The molecule has 0 unspecified atom stereocenters. The van der Waals surface area contributed by atoms with Crippen LogP contribution in [0.4, 0.5) is 18.0 Å². The highest BCUT2D eigenvalue weighted by molar-refractivity contribution is 5.79. The number of rotatable bonds is 5. The fourth-order valence-electron chi connectivity index (χ4n) is 2.89. The molecule has 0 radical (unpaired) electrons. The summed E-state index contributed by atoms with van der Waals surface area (Å²) in [6.45, 7) is 8.04. The number of carbonyl (C=O) groups excluding carboxylic acids is 2. The lowest BCUT2D eigenvalue weighted by molar-refractivity contribution is -0.274. The van der Waals surface area contributed by atoms with E-state index in [0.29, 0.717) is 18.7 Å². The van der Waals surface area contributed by atoms with E-state index >= 15 is 0 Å². The predicted molar refractivity (Wildman–Crippen MR) is 102 cm³/mol. The molecule has 1 saturated heterocycles. The number of morpholine rings is 1. The Balaban J connectivity index is 1.88. The number of benzene rings is 1. The minimum absolute atomic E-state index is 0.0346. The maximum Gasteiger partial charge on any atom is 0.573 e. The zero-order valence-corrected chi connectivity index (χ0v) is 17.4. The molecule has 0 aromatic heterocycles. The number of nitrogens with one attached hydrogen (secondary N) is 1. The normalized spacial score (nSPS) is 18.5. The Bertz CT molecular complexity index is 731. The van der Waals surface area contributed by atoms with Crippen molar-refractivity contribution in [1.82, 2.24) is 10.2 Å². The monoisotopic (exact) mass is 432 g/mol. The van der Waals surface area contributed by atoms with E-state index in [1.54, 1.807) is 32.6 Å². The van der Waals surface area contributed by atoms with Crippen LogP contribution in [0.3, 0.4) is 0 Å². The van der Waals surface area contributed by atoms with Gasteiger partial charge < -0.3 is 24.4 Å². The third-order valence-electron chi connectivity index (χ3n) is 4.26. The van der Waals surface area contributed by atoms with Crippen molar-refractivity contribution in [3.63, 3.8) is 0 Å². The fraction of sp³-hybridized carbons (Fsp3) is 0.600. The molecule has 2 atom stereocenters. The largest absolute Gasteiger partial charge is 0.573 e. The van der Waals surface area contributed by atoms with Crippen molar-refractivity contribution in [2.75, 3.05) is 19.7 Å². The van der Waals surface area contributed by atoms with Gasteiger partial charge in [-0.15, -0.1) is 13.2 Å². The van der Waals surface area contributed by atoms with Crippen LogP contribution >= 0.6 is 0 Å². The summed E-state index contributed by atoms with van der Waals surface area (Å²) in [6.07, 6.45) is -5.70. The fourth-order valence-corrected chi connectivity index (χ4v) is 2.89. The standard InChI is InChI=1S/C20H27F3N2O5/c1-13(24-18(27)30-19(2,3)4)16-12-25(9-10-28-16)17(26)11-14-5-7-15(8-6-14)29-20(21,22)23/h5-8,13,16H,9-12H2,1-4H3,(H,24,27)/t13-,16+/m1/s1. The molecule has 1 aliphatic heterocycles. The van der Waals surface area contributed by atoms with Crippen LogP contribution in [0.15, 0.2) is 24.3 Å². The van der Waals surface area contributed by atoms with E-state index in [1.807, 2.05) is 0 Å². The third-order valence-corrected chi connectivity index (χ3v) is 4.26. The maximum atomic E-state index is 12.6. The minimum Gasteiger partial charge on any atom is -0.444 e. The quantitative estimate of drug-likeness (QED) is 0.773. The molecular weight excluding hydrogens is 405 g/mol. The smallest absolute Gasteiger partial charge is 0.444 e. The van der Waals surface area contributed by atoms with Gasteiger partial charge in [0.15, 0.2) is 0 Å². The van der Waals surface area contributed by atoms with E-state index in [-0.39, 0.29) is 30.7 Å². The number of amides is 2. The molecule has 168 valence electrons. The Morgan fingerprint density at radius 2 is 1.87 bits per heavy atom. The maximum absolute atomic E-state index is 12.6. The van der Waals surface area contributed by atoms with Crippen LogP contribution in [0.2, 0.25) is 0 Å². The van der Waals surface area contributed by atoms with Crippen LogP contribution in [-0.4, -0.2) is 60.7 Å². The Hall–Kier alpha value is -2.49. The highest BCUT2D eigenvalue weighted by atomic mass is 19.4. The second kappa shape index (κ2) is 9.55. The number of nitrogens with zero attached hydrogens (tertiary/aromatic N) is 1. The summed E-state index contributed by atoms with van der Waals surface area (Å²) in [4.78, 5) is 26.2. The number of halogens is 3. The van der Waals surface area contributed by atoms with Gasteiger partial charge in [-0.25, -0.2) is 4.79 Å². The van der Waals surface area contributed by atoms with Gasteiger partial charge in [-0.1, -0.05) is 12.1 Å². The van der Waals surface area contributed by atoms with Gasteiger partial charge in [-0.2, -0.15) is 0 Å². The summed E-state index contributed by atoms with van der Waals surface area (Å²) in [5, 5.41) is 2.71. The SMILES string of the molecule is C[C@@H](NC(=O)OC(C)(C)C)[C@@H]1CN(C(=O)Cc2ccc(OC(F)(F)F)cc2)CCO1. The molecule has 1 heterocycles. The highest BCUT2D eigenvalue weighted by Gasteiger charge is 2.32. The molecule has 0 bridgehead atoms. The van der Waals surface area contributed by atoms with Crippen LogP contribution in [0, 0.1) is 0 Å². The van der Waals surface area contributed by atoms with E-state index in [9.17, 15) is 22.8 Å². The van der Waals surface area contributed by atoms with Gasteiger partial charge in [0.2, 0.25) is 5.91 Å². The average Bonchev–Trinajstić information content (AvgIpc) is 2.60. The number of ether oxygens (including phenoxy) is 3. The Labute approximate surface area is 173 Å². The zero-order valence-electron chi connectivity index (χ0n) is 17.4. The molecule has 0 aliphatic carbocycles. The summed E-state index contributed by atoms with van der Waals surface area (Å²) in [5.41, 5.74) is -0.0580. The van der Waals surface area contributed by atoms with Crippen LogP contribution in [0.5, 0.6) is 5.75 Å². The topological polar surface area (TPSA) is 77.1 Å². The number of alkyl halides is 3. The molecule has 0 saturated carbocycles. The van der Waals surface area contributed by atoms with E-state index < -0.39 is 24.2 Å². The first-order chi connectivity index (χ1) is 13.8. The van der Waals surface area contributed by atoms with Crippen molar-refractivity contribution in [2.45, 2.75) is 58.2 Å². The summed E-state index contributed by atoms with van der Waals surface area (Å²) >= 11 is 0. The molecule has 1 aromatic rings. The van der Waals surface area contributed by atoms with Gasteiger partial charge in [-0.05, 0) is 45.4 Å². The molecular formula is C20H27F3N2O5. The minimum atomic E-state index is -4.76. The van der Waals surface area contributed by atoms with Gasteiger partial charge in [-0.3, -0.25) is 4.79 Å². The van der Waals surface area contributed by atoms with Crippen molar-refractivity contribution in [3.05, 3.63) is 29.8 Å². The van der Waals surface area contributed by atoms with Crippen molar-refractivity contribution in [2.24, 2.45) is 0 Å². The van der Waals surface area contributed by atoms with Gasteiger partial charge in [0.25, 0.3) is 0 Å². The first-order valence-electron chi connectivity index (χ1n) is 9.56. The number of hydrogen-bond donors (Lipinski definition) is 1. The lowest BCUT2D eigenvalue weighted by Gasteiger charge is -2.36. The van der Waals surface area contributed by atoms with Crippen LogP contribution in [-0.2, 0) is 20.7 Å². The summed E-state index contributed by atoms with van der Waals surface area (Å²) < 4.78 is 51.4. The van der Waals surface area contributed by atoms with Crippen LogP contribution in [0.1, 0.15) is 33.3 Å². The second-order valence-corrected chi connectivity index (χ2v) is 8.05. The van der Waals surface area contributed by atoms with Crippen molar-refractivity contribution >= 4 is 12.0 Å². The first kappa shape index (κ1) is 23.8. The average molecular weight is 432 g/mol. The van der Waals surface area contributed by atoms with Gasteiger partial charge in [0.1, 0.15) is 11.4 Å². The molecule has 1 N–H and O–H groups in total. The van der Waals surface area contributed by atoms with Gasteiger partial charge >= 0.3 is 12.5 Å². The Morgan fingerprint density at radius 3 is 2.43 bits per heavy atom. The summed E-state index contributed by atoms with van der Waals surface area (Å²) in [6, 6.07) is 4.80. The molecule has 0 spiro atoms. The number of hydrogen-bond acceptors (Lipinski definition) is 5. The summed E-state index contributed by atoms with van der Waals surface area (Å²) in [7, 11) is 0. The van der Waals surface area contributed by atoms with Crippen molar-refractivity contribution in [1.29, 1.82) is 0 Å². The third kappa shape index (κ3) is 8.10. The summed E-state index contributed by atoms with van der Waals surface area (Å²) in [5.74, 6) is -0.524.